The van der Waals surface area contributed by atoms with Gasteiger partial charge in [0.2, 0.25) is 0 Å². The molecule has 1 saturated heterocycles. The Bertz CT molecular complexity index is 880. The largest absolute Gasteiger partial charge is 0.465 e. The Labute approximate surface area is 193 Å². The molecule has 2 aromatic carbocycles. The molecule has 0 radical (unpaired) electrons. The van der Waals surface area contributed by atoms with Crippen LogP contribution in [-0.4, -0.2) is 48.4 Å². The van der Waals surface area contributed by atoms with E-state index < -0.39 is 0 Å². The van der Waals surface area contributed by atoms with Crippen molar-refractivity contribution < 1.29 is 9.53 Å². The lowest BCUT2D eigenvalue weighted by molar-refractivity contribution is -0.139. The van der Waals surface area contributed by atoms with Gasteiger partial charge in [-0.15, -0.1) is 11.8 Å². The van der Waals surface area contributed by atoms with Gasteiger partial charge in [-0.3, -0.25) is 9.69 Å². The van der Waals surface area contributed by atoms with Crippen LogP contribution in [0.3, 0.4) is 0 Å². The van der Waals surface area contributed by atoms with Gasteiger partial charge in [0.05, 0.1) is 17.4 Å². The van der Waals surface area contributed by atoms with E-state index in [-0.39, 0.29) is 11.7 Å². The number of anilines is 1. The Kier molecular flexibility index (Phi) is 8.35. The molecule has 7 heteroatoms. The number of ether oxygens (including phenoxy) is 1. The zero-order valence-electron chi connectivity index (χ0n) is 17.6. The normalized spacial score (nSPS) is 19.7. The summed E-state index contributed by atoms with van der Waals surface area (Å²) in [6, 6.07) is 14.9. The molecule has 162 valence electrons. The van der Waals surface area contributed by atoms with E-state index in [1.54, 1.807) is 6.92 Å². The number of hydrogen-bond acceptors (Lipinski definition) is 5. The van der Waals surface area contributed by atoms with Crippen LogP contribution in [-0.2, 0) is 16.1 Å². The van der Waals surface area contributed by atoms with Gasteiger partial charge in [-0.05, 0) is 56.7 Å². The molecule has 1 aliphatic rings. The maximum absolute atomic E-state index is 11.6. The third-order valence-corrected chi connectivity index (χ3v) is 7.27. The number of halogens is 2. The average molecular weight is 467 g/mol. The average Bonchev–Trinajstić information content (AvgIpc) is 2.71. The van der Waals surface area contributed by atoms with Crippen molar-refractivity contribution in [2.24, 2.45) is 0 Å². The van der Waals surface area contributed by atoms with Crippen molar-refractivity contribution in [2.45, 2.75) is 44.3 Å². The molecule has 3 rings (SSSR count). The molecule has 0 spiro atoms. The number of carbonyl (C=O) groups is 1. The fourth-order valence-electron chi connectivity index (χ4n) is 3.78. The van der Waals surface area contributed by atoms with Crippen molar-refractivity contribution >= 4 is 46.6 Å². The second kappa shape index (κ2) is 10.8. The van der Waals surface area contributed by atoms with Crippen molar-refractivity contribution in [3.05, 3.63) is 58.1 Å². The van der Waals surface area contributed by atoms with E-state index in [0.29, 0.717) is 23.7 Å². The fourth-order valence-corrected chi connectivity index (χ4v) is 5.05. The summed E-state index contributed by atoms with van der Waals surface area (Å²) in [4.78, 5) is 17.4. The molecule has 0 N–H and O–H groups in total. The van der Waals surface area contributed by atoms with Crippen LogP contribution in [0, 0.1) is 0 Å². The number of hydrogen-bond donors (Lipinski definition) is 0. The minimum atomic E-state index is -0.219. The number of rotatable bonds is 7. The molecule has 1 aliphatic heterocycles. The zero-order valence-corrected chi connectivity index (χ0v) is 19.9. The standard InChI is InChI=1S/C23H28Cl2N2O2S/c1-4-29-23(28)15-30-22-9-8-18(12-21(22)25)14-26-10-11-27(17(3)16(26)2)20-7-5-6-19(24)13-20/h5-9,12-13,16-17H,4,10-11,14-15H2,1-3H3/t16-,17-/m0/s1. The Morgan fingerprint density at radius 3 is 2.63 bits per heavy atom. The van der Waals surface area contributed by atoms with Gasteiger partial charge in [0.15, 0.2) is 0 Å². The lowest BCUT2D eigenvalue weighted by Gasteiger charge is -2.46. The molecule has 0 aliphatic carbocycles. The van der Waals surface area contributed by atoms with E-state index in [1.165, 1.54) is 23.0 Å². The topological polar surface area (TPSA) is 32.8 Å². The highest BCUT2D eigenvalue weighted by molar-refractivity contribution is 8.00. The zero-order chi connectivity index (χ0) is 21.7. The Balaban J connectivity index is 1.61. The molecule has 1 heterocycles. The molecule has 0 aromatic heterocycles. The van der Waals surface area contributed by atoms with Crippen LogP contribution >= 0.6 is 35.0 Å². The summed E-state index contributed by atoms with van der Waals surface area (Å²) in [5.41, 5.74) is 2.35. The predicted octanol–water partition coefficient (Wildman–Crippen LogP) is 5.75. The Morgan fingerprint density at radius 2 is 1.93 bits per heavy atom. The van der Waals surface area contributed by atoms with Gasteiger partial charge in [-0.1, -0.05) is 35.3 Å². The van der Waals surface area contributed by atoms with E-state index in [9.17, 15) is 4.79 Å². The van der Waals surface area contributed by atoms with Gasteiger partial charge in [0, 0.05) is 47.3 Å². The van der Waals surface area contributed by atoms with Gasteiger partial charge in [0.1, 0.15) is 0 Å². The second-order valence-electron chi connectivity index (χ2n) is 7.48. The van der Waals surface area contributed by atoms with Crippen LogP contribution in [0.1, 0.15) is 26.3 Å². The van der Waals surface area contributed by atoms with Crippen LogP contribution in [0.4, 0.5) is 5.69 Å². The summed E-state index contributed by atoms with van der Waals surface area (Å²) < 4.78 is 4.98. The number of carbonyl (C=O) groups excluding carboxylic acids is 1. The lowest BCUT2D eigenvalue weighted by Crippen LogP contribution is -2.57. The first-order chi connectivity index (χ1) is 14.4. The molecular formula is C23H28Cl2N2O2S. The van der Waals surface area contributed by atoms with E-state index in [4.69, 9.17) is 27.9 Å². The van der Waals surface area contributed by atoms with Gasteiger partial charge >= 0.3 is 5.97 Å². The SMILES string of the molecule is CCOC(=O)CSc1ccc(CN2CCN(c3cccc(Cl)c3)[C@@H](C)[C@@H]2C)cc1Cl. The second-order valence-corrected chi connectivity index (χ2v) is 9.34. The summed E-state index contributed by atoms with van der Waals surface area (Å²) in [5, 5.41) is 1.45. The van der Waals surface area contributed by atoms with Crippen molar-refractivity contribution in [2.75, 3.05) is 30.3 Å². The summed E-state index contributed by atoms with van der Waals surface area (Å²) in [7, 11) is 0. The number of benzene rings is 2. The van der Waals surface area contributed by atoms with Crippen molar-refractivity contribution in [1.82, 2.24) is 4.90 Å². The van der Waals surface area contributed by atoms with Gasteiger partial charge < -0.3 is 9.64 Å². The molecule has 2 atom stereocenters. The smallest absolute Gasteiger partial charge is 0.316 e. The van der Waals surface area contributed by atoms with Crippen LogP contribution in [0.2, 0.25) is 10.0 Å². The van der Waals surface area contributed by atoms with E-state index in [2.05, 4.69) is 35.8 Å². The van der Waals surface area contributed by atoms with E-state index in [0.717, 1.165) is 29.6 Å². The molecule has 1 fully saturated rings. The van der Waals surface area contributed by atoms with Crippen LogP contribution in [0.25, 0.3) is 0 Å². The molecule has 4 nitrogen and oxygen atoms in total. The predicted molar refractivity (Wildman–Crippen MR) is 127 cm³/mol. The van der Waals surface area contributed by atoms with Crippen molar-refractivity contribution in [1.29, 1.82) is 0 Å². The van der Waals surface area contributed by atoms with Crippen LogP contribution < -0.4 is 4.90 Å². The summed E-state index contributed by atoms with van der Waals surface area (Å²) in [6.07, 6.45) is 0. The third-order valence-electron chi connectivity index (χ3n) is 5.57. The van der Waals surface area contributed by atoms with Crippen molar-refractivity contribution in [3.8, 4) is 0 Å². The molecule has 0 unspecified atom stereocenters. The quantitative estimate of drug-likeness (QED) is 0.383. The number of esters is 1. The van der Waals surface area contributed by atoms with Crippen molar-refractivity contribution in [3.63, 3.8) is 0 Å². The first-order valence-electron chi connectivity index (χ1n) is 10.2. The number of thioether (sulfide) groups is 1. The first kappa shape index (κ1) is 23.3. The van der Waals surface area contributed by atoms with Gasteiger partial charge in [-0.2, -0.15) is 0 Å². The van der Waals surface area contributed by atoms with E-state index >= 15 is 0 Å². The molecule has 2 aromatic rings. The Morgan fingerprint density at radius 1 is 1.13 bits per heavy atom. The summed E-state index contributed by atoms with van der Waals surface area (Å²) in [5.74, 6) is 0.0513. The molecule has 30 heavy (non-hydrogen) atoms. The highest BCUT2D eigenvalue weighted by atomic mass is 35.5. The highest BCUT2D eigenvalue weighted by Gasteiger charge is 2.30. The summed E-state index contributed by atoms with van der Waals surface area (Å²) >= 11 is 14.1. The number of piperazine rings is 1. The molecule has 0 bridgehead atoms. The first-order valence-corrected chi connectivity index (χ1v) is 12.0. The summed E-state index contributed by atoms with van der Waals surface area (Å²) in [6.45, 7) is 9.50. The van der Waals surface area contributed by atoms with Crippen LogP contribution in [0.5, 0.6) is 0 Å². The fraction of sp³-hybridized carbons (Fsp3) is 0.435. The van der Waals surface area contributed by atoms with Gasteiger partial charge in [-0.25, -0.2) is 0 Å². The molecular weight excluding hydrogens is 439 g/mol. The van der Waals surface area contributed by atoms with Crippen LogP contribution in [0.15, 0.2) is 47.4 Å². The minimum Gasteiger partial charge on any atom is -0.465 e. The Hall–Kier alpha value is -1.40. The highest BCUT2D eigenvalue weighted by Crippen LogP contribution is 2.30. The maximum atomic E-state index is 11.6. The molecule has 0 saturated carbocycles. The minimum absolute atomic E-state index is 0.219. The number of nitrogens with zero attached hydrogens (tertiary/aromatic N) is 2. The lowest BCUT2D eigenvalue weighted by atomic mass is 10.0. The maximum Gasteiger partial charge on any atom is 0.316 e. The van der Waals surface area contributed by atoms with E-state index in [1.807, 2.05) is 30.3 Å². The monoisotopic (exact) mass is 466 g/mol. The third kappa shape index (κ3) is 5.85. The molecule has 0 amide bonds. The van der Waals surface area contributed by atoms with Gasteiger partial charge in [0.25, 0.3) is 0 Å².